The van der Waals surface area contributed by atoms with Crippen molar-refractivity contribution < 1.29 is 0 Å². The van der Waals surface area contributed by atoms with Crippen molar-refractivity contribution in [2.45, 2.75) is 19.4 Å². The van der Waals surface area contributed by atoms with Crippen molar-refractivity contribution in [1.82, 2.24) is 5.32 Å². The number of nitrogens with one attached hydrogen (secondary N) is 1. The summed E-state index contributed by atoms with van der Waals surface area (Å²) in [5, 5.41) is 3.41. The van der Waals surface area contributed by atoms with Crippen LogP contribution in [0.15, 0.2) is 30.3 Å². The van der Waals surface area contributed by atoms with Crippen LogP contribution >= 0.6 is 12.2 Å². The lowest BCUT2D eigenvalue weighted by Crippen LogP contribution is -2.32. The smallest absolute Gasteiger partial charge is 0.164 e. The number of hydrogen-bond acceptors (Lipinski definition) is 1. The van der Waals surface area contributed by atoms with Gasteiger partial charge in [0, 0.05) is 0 Å². The van der Waals surface area contributed by atoms with Crippen LogP contribution in [0.4, 0.5) is 0 Å². The predicted molar refractivity (Wildman–Crippen MR) is 59.4 cm³/mol. The monoisotopic (exact) mass is 194 g/mol. The van der Waals surface area contributed by atoms with Gasteiger partial charge in [-0.1, -0.05) is 37.3 Å². The fraction of sp³-hybridized carbons (Fsp3) is 0.300. The molecule has 1 rings (SSSR count). The second kappa shape index (κ2) is 4.82. The summed E-state index contributed by atoms with van der Waals surface area (Å²) in [6.45, 7) is 2.10. The summed E-state index contributed by atoms with van der Waals surface area (Å²) in [4.78, 5) is 0. The Kier molecular flexibility index (Phi) is 3.71. The van der Waals surface area contributed by atoms with E-state index in [0.29, 0.717) is 5.11 Å². The average molecular weight is 194 g/mol. The van der Waals surface area contributed by atoms with E-state index in [4.69, 9.17) is 18.0 Å². The molecule has 0 aliphatic carbocycles. The Hall–Kier alpha value is -1.09. The standard InChI is InChI=1S/C10H14N2S/c1-2-9(12-10(11)13)8-6-4-3-5-7-8/h3-7,9H,2H2,1H3,(H3,11,12,13). The Morgan fingerprint density at radius 2 is 2.08 bits per heavy atom. The van der Waals surface area contributed by atoms with E-state index in [1.54, 1.807) is 0 Å². The Morgan fingerprint density at radius 3 is 2.54 bits per heavy atom. The average Bonchev–Trinajstić information content (AvgIpc) is 2.15. The van der Waals surface area contributed by atoms with Gasteiger partial charge >= 0.3 is 0 Å². The van der Waals surface area contributed by atoms with E-state index in [0.717, 1.165) is 6.42 Å². The molecule has 1 atom stereocenters. The largest absolute Gasteiger partial charge is 0.376 e. The summed E-state index contributed by atoms with van der Waals surface area (Å²) in [6, 6.07) is 10.4. The molecule has 1 unspecified atom stereocenters. The topological polar surface area (TPSA) is 38.0 Å². The molecule has 0 saturated heterocycles. The summed E-state index contributed by atoms with van der Waals surface area (Å²) in [7, 11) is 0. The first-order chi connectivity index (χ1) is 6.24. The molecule has 0 bridgehead atoms. The SMILES string of the molecule is CCC(NC(N)=S)c1ccccc1. The van der Waals surface area contributed by atoms with E-state index in [1.165, 1.54) is 5.56 Å². The molecular formula is C10H14N2S. The first-order valence-electron chi connectivity index (χ1n) is 4.35. The van der Waals surface area contributed by atoms with Gasteiger partial charge < -0.3 is 11.1 Å². The lowest BCUT2D eigenvalue weighted by atomic mass is 10.1. The molecule has 0 aliphatic rings. The third kappa shape index (κ3) is 3.03. The highest BCUT2D eigenvalue weighted by Gasteiger charge is 2.07. The minimum Gasteiger partial charge on any atom is -0.376 e. The van der Waals surface area contributed by atoms with Gasteiger partial charge in [0.1, 0.15) is 0 Å². The van der Waals surface area contributed by atoms with Crippen molar-refractivity contribution in [2.75, 3.05) is 0 Å². The normalized spacial score (nSPS) is 12.1. The van der Waals surface area contributed by atoms with Crippen LogP contribution in [-0.2, 0) is 0 Å². The zero-order valence-electron chi connectivity index (χ0n) is 7.66. The Bertz CT molecular complexity index is 272. The Morgan fingerprint density at radius 1 is 1.46 bits per heavy atom. The molecule has 0 heterocycles. The molecule has 3 heteroatoms. The predicted octanol–water partition coefficient (Wildman–Crippen LogP) is 1.97. The van der Waals surface area contributed by atoms with Gasteiger partial charge in [0.2, 0.25) is 0 Å². The minimum absolute atomic E-state index is 0.235. The Balaban J connectivity index is 2.73. The summed E-state index contributed by atoms with van der Waals surface area (Å²) in [5.74, 6) is 0. The van der Waals surface area contributed by atoms with E-state index in [1.807, 2.05) is 18.2 Å². The number of rotatable bonds is 3. The van der Waals surface area contributed by atoms with Gasteiger partial charge in [0.15, 0.2) is 5.11 Å². The van der Waals surface area contributed by atoms with Gasteiger partial charge in [-0.2, -0.15) is 0 Å². The molecule has 0 radical (unpaired) electrons. The van der Waals surface area contributed by atoms with Crippen molar-refractivity contribution >= 4 is 17.3 Å². The van der Waals surface area contributed by atoms with E-state index in [-0.39, 0.29) is 6.04 Å². The van der Waals surface area contributed by atoms with Crippen molar-refractivity contribution in [3.05, 3.63) is 35.9 Å². The van der Waals surface area contributed by atoms with Crippen LogP contribution < -0.4 is 11.1 Å². The first-order valence-corrected chi connectivity index (χ1v) is 4.75. The Labute approximate surface area is 84.1 Å². The summed E-state index contributed by atoms with van der Waals surface area (Å²) >= 11 is 4.80. The number of nitrogens with two attached hydrogens (primary N) is 1. The maximum Gasteiger partial charge on any atom is 0.164 e. The lowest BCUT2D eigenvalue weighted by Gasteiger charge is -2.16. The van der Waals surface area contributed by atoms with Gasteiger partial charge in [0.25, 0.3) is 0 Å². The first kappa shape index (κ1) is 9.99. The van der Waals surface area contributed by atoms with Gasteiger partial charge in [-0.15, -0.1) is 0 Å². The molecular weight excluding hydrogens is 180 g/mol. The third-order valence-corrected chi connectivity index (χ3v) is 2.04. The van der Waals surface area contributed by atoms with E-state index < -0.39 is 0 Å². The lowest BCUT2D eigenvalue weighted by molar-refractivity contribution is 0.627. The van der Waals surface area contributed by atoms with Crippen LogP contribution in [-0.4, -0.2) is 5.11 Å². The second-order valence-corrected chi connectivity index (χ2v) is 3.32. The van der Waals surface area contributed by atoms with Gasteiger partial charge in [-0.3, -0.25) is 0 Å². The van der Waals surface area contributed by atoms with Crippen LogP contribution in [0.2, 0.25) is 0 Å². The second-order valence-electron chi connectivity index (χ2n) is 2.88. The van der Waals surface area contributed by atoms with Crippen LogP contribution in [0.1, 0.15) is 24.9 Å². The van der Waals surface area contributed by atoms with Crippen LogP contribution in [0, 0.1) is 0 Å². The molecule has 0 fully saturated rings. The van der Waals surface area contributed by atoms with Gasteiger partial charge in [0.05, 0.1) is 6.04 Å². The molecule has 0 aliphatic heterocycles. The van der Waals surface area contributed by atoms with Gasteiger partial charge in [-0.25, -0.2) is 0 Å². The fourth-order valence-corrected chi connectivity index (χ4v) is 1.42. The zero-order valence-corrected chi connectivity index (χ0v) is 8.47. The van der Waals surface area contributed by atoms with Crippen LogP contribution in [0.25, 0.3) is 0 Å². The van der Waals surface area contributed by atoms with Gasteiger partial charge in [-0.05, 0) is 24.2 Å². The zero-order chi connectivity index (χ0) is 9.68. The molecule has 0 saturated carbocycles. The minimum atomic E-state index is 0.235. The molecule has 3 N–H and O–H groups in total. The highest BCUT2D eigenvalue weighted by molar-refractivity contribution is 7.80. The number of thiocarbonyl (C=S) groups is 1. The molecule has 1 aromatic carbocycles. The third-order valence-electron chi connectivity index (χ3n) is 1.93. The maximum absolute atomic E-state index is 5.43. The van der Waals surface area contributed by atoms with E-state index >= 15 is 0 Å². The molecule has 2 nitrogen and oxygen atoms in total. The van der Waals surface area contributed by atoms with Crippen molar-refractivity contribution in [2.24, 2.45) is 5.73 Å². The van der Waals surface area contributed by atoms with Crippen LogP contribution in [0.5, 0.6) is 0 Å². The molecule has 0 spiro atoms. The number of benzene rings is 1. The molecule has 0 aromatic heterocycles. The van der Waals surface area contributed by atoms with E-state index in [9.17, 15) is 0 Å². The maximum atomic E-state index is 5.43. The molecule has 70 valence electrons. The van der Waals surface area contributed by atoms with Crippen molar-refractivity contribution in [3.8, 4) is 0 Å². The summed E-state index contributed by atoms with van der Waals surface area (Å²) < 4.78 is 0. The van der Waals surface area contributed by atoms with Crippen LogP contribution in [0.3, 0.4) is 0 Å². The molecule has 0 amide bonds. The summed E-state index contributed by atoms with van der Waals surface area (Å²) in [5.41, 5.74) is 6.65. The quantitative estimate of drug-likeness (QED) is 0.722. The highest BCUT2D eigenvalue weighted by Crippen LogP contribution is 2.15. The van der Waals surface area contributed by atoms with Crippen molar-refractivity contribution in [3.63, 3.8) is 0 Å². The fourth-order valence-electron chi connectivity index (χ4n) is 1.28. The number of hydrogen-bond donors (Lipinski definition) is 2. The molecule has 1 aromatic rings. The highest BCUT2D eigenvalue weighted by atomic mass is 32.1. The van der Waals surface area contributed by atoms with Crippen molar-refractivity contribution in [1.29, 1.82) is 0 Å². The summed E-state index contributed by atoms with van der Waals surface area (Å²) in [6.07, 6.45) is 0.974. The van der Waals surface area contributed by atoms with E-state index in [2.05, 4.69) is 24.4 Å². The molecule has 13 heavy (non-hydrogen) atoms.